The first-order valence-corrected chi connectivity index (χ1v) is 10.9. The molecule has 1 unspecified atom stereocenters. The maximum absolute atomic E-state index is 12.9. The molecule has 0 radical (unpaired) electrons. The molecular weight excluding hydrogens is 407 g/mol. The Hall–Kier alpha value is -2.10. The van der Waals surface area contributed by atoms with Crippen molar-refractivity contribution in [2.24, 2.45) is 5.92 Å². The Bertz CT molecular complexity index is 766. The molecule has 3 rings (SSSR count). The van der Waals surface area contributed by atoms with Crippen molar-refractivity contribution in [1.82, 2.24) is 19.8 Å². The summed E-state index contributed by atoms with van der Waals surface area (Å²) in [4.78, 5) is 26.7. The minimum absolute atomic E-state index is 0.127. The van der Waals surface area contributed by atoms with E-state index in [9.17, 15) is 14.0 Å². The first-order chi connectivity index (χ1) is 14.3. The van der Waals surface area contributed by atoms with Crippen LogP contribution in [0.1, 0.15) is 32.3 Å². The van der Waals surface area contributed by atoms with Crippen LogP contribution in [0.2, 0.25) is 0 Å². The molecule has 2 aliphatic heterocycles. The van der Waals surface area contributed by atoms with E-state index in [0.717, 1.165) is 30.6 Å². The van der Waals surface area contributed by atoms with Gasteiger partial charge >= 0.3 is 6.09 Å². The molecule has 30 heavy (non-hydrogen) atoms. The zero-order chi connectivity index (χ0) is 21.7. The average Bonchev–Trinajstić information content (AvgIpc) is 3.00. The molecule has 2 N–H and O–H groups in total. The topological polar surface area (TPSA) is 73.9 Å². The van der Waals surface area contributed by atoms with Gasteiger partial charge in [0.05, 0.1) is 11.7 Å². The van der Waals surface area contributed by atoms with E-state index in [1.165, 1.54) is 12.1 Å². The summed E-state index contributed by atoms with van der Waals surface area (Å²) in [5.41, 5.74) is 0.416. The third-order valence-corrected chi connectivity index (χ3v) is 6.37. The van der Waals surface area contributed by atoms with Gasteiger partial charge in [0.25, 0.3) is 0 Å². The van der Waals surface area contributed by atoms with E-state index in [4.69, 9.17) is 4.18 Å². The van der Waals surface area contributed by atoms with Crippen molar-refractivity contribution in [1.29, 1.82) is 0 Å². The number of amides is 2. The summed E-state index contributed by atoms with van der Waals surface area (Å²) in [6.45, 7) is 10.0. The molecule has 2 amide bonds. The van der Waals surface area contributed by atoms with Gasteiger partial charge in [-0.2, -0.15) is 0 Å². The van der Waals surface area contributed by atoms with Crippen molar-refractivity contribution in [3.63, 3.8) is 0 Å². The van der Waals surface area contributed by atoms with Gasteiger partial charge in [-0.05, 0) is 36.5 Å². The zero-order valence-electron chi connectivity index (χ0n) is 17.4. The predicted molar refractivity (Wildman–Crippen MR) is 115 cm³/mol. The third-order valence-electron chi connectivity index (χ3n) is 5.57. The van der Waals surface area contributed by atoms with Crippen molar-refractivity contribution >= 4 is 24.2 Å². The van der Waals surface area contributed by atoms with Crippen LogP contribution >= 0.6 is 12.2 Å². The summed E-state index contributed by atoms with van der Waals surface area (Å²) < 4.78 is 20.1. The van der Waals surface area contributed by atoms with Crippen LogP contribution in [0.15, 0.2) is 36.9 Å². The minimum atomic E-state index is -0.549. The highest BCUT2D eigenvalue weighted by Gasteiger charge is 2.51. The quantitative estimate of drug-likeness (QED) is 0.389. The molecule has 2 heterocycles. The molecular formula is C21H29FN4O3S. The smallest absolute Gasteiger partial charge is 0.358 e. The molecule has 0 aromatic heterocycles. The molecule has 164 valence electrons. The number of rotatable bonds is 7. The van der Waals surface area contributed by atoms with E-state index in [0.29, 0.717) is 19.6 Å². The van der Waals surface area contributed by atoms with Gasteiger partial charge in [-0.25, -0.2) is 13.5 Å². The number of carbonyl (C=O) groups excluding carboxylic acids is 2. The molecule has 9 heteroatoms. The second kappa shape index (κ2) is 9.80. The summed E-state index contributed by atoms with van der Waals surface area (Å²) in [6.07, 6.45) is 2.69. The third kappa shape index (κ3) is 5.14. The standard InChI is InChI=1S/C21H29FN4O3S/c1-4-11-26-19(27)18(15(2)3)24-21(26)9-12-25(13-10-21)30-29-20(28)23-14-16-5-7-17(22)8-6-16/h4-8,15,18,24H,1,9-14H2,2-3H3,(H,23,28). The molecule has 1 spiro atoms. The number of piperidine rings is 1. The molecule has 2 aliphatic rings. The fraction of sp³-hybridized carbons (Fsp3) is 0.524. The summed E-state index contributed by atoms with van der Waals surface area (Å²) in [7, 11) is 0. The van der Waals surface area contributed by atoms with Gasteiger partial charge in [0.1, 0.15) is 5.82 Å². The minimum Gasteiger partial charge on any atom is -0.358 e. The molecule has 0 saturated carbocycles. The number of hydrogen-bond acceptors (Lipinski definition) is 6. The molecule has 0 bridgehead atoms. The van der Waals surface area contributed by atoms with Crippen LogP contribution in [-0.2, 0) is 15.5 Å². The molecule has 7 nitrogen and oxygen atoms in total. The van der Waals surface area contributed by atoms with E-state index >= 15 is 0 Å². The van der Waals surface area contributed by atoms with E-state index in [1.807, 2.05) is 23.1 Å². The first-order valence-electron chi connectivity index (χ1n) is 10.2. The maximum atomic E-state index is 12.9. The van der Waals surface area contributed by atoms with Gasteiger partial charge in [-0.3, -0.25) is 10.1 Å². The number of hydrogen-bond donors (Lipinski definition) is 2. The second-order valence-corrected chi connectivity index (χ2v) is 8.82. The molecule has 2 fully saturated rings. The van der Waals surface area contributed by atoms with Gasteiger partial charge in [-0.1, -0.05) is 32.1 Å². The Morgan fingerprint density at radius 3 is 2.67 bits per heavy atom. The monoisotopic (exact) mass is 436 g/mol. The lowest BCUT2D eigenvalue weighted by Gasteiger charge is -2.43. The number of carbonyl (C=O) groups is 2. The maximum Gasteiger partial charge on any atom is 0.420 e. The van der Waals surface area contributed by atoms with Crippen molar-refractivity contribution in [3.05, 3.63) is 48.3 Å². The summed E-state index contributed by atoms with van der Waals surface area (Å²) >= 11 is 1.02. The predicted octanol–water partition coefficient (Wildman–Crippen LogP) is 3.05. The van der Waals surface area contributed by atoms with Crippen LogP contribution in [0, 0.1) is 11.7 Å². The SMILES string of the molecule is C=CCN1C(=O)C(C(C)C)NC12CCN(SOC(=O)NCc1ccc(F)cc1)CC2. The fourth-order valence-electron chi connectivity index (χ4n) is 3.89. The molecule has 1 atom stereocenters. The van der Waals surface area contributed by atoms with Crippen molar-refractivity contribution in [3.8, 4) is 0 Å². The fourth-order valence-corrected chi connectivity index (χ4v) is 4.45. The van der Waals surface area contributed by atoms with Crippen LogP contribution in [-0.4, -0.2) is 52.5 Å². The van der Waals surface area contributed by atoms with Gasteiger partial charge in [0.15, 0.2) is 12.2 Å². The van der Waals surface area contributed by atoms with E-state index in [2.05, 4.69) is 17.2 Å². The molecule has 1 aromatic rings. The molecule has 0 aliphatic carbocycles. The van der Waals surface area contributed by atoms with Crippen LogP contribution in [0.3, 0.4) is 0 Å². The zero-order valence-corrected chi connectivity index (χ0v) is 18.2. The Labute approximate surface area is 181 Å². The highest BCUT2D eigenvalue weighted by Crippen LogP contribution is 2.35. The highest BCUT2D eigenvalue weighted by atomic mass is 32.2. The van der Waals surface area contributed by atoms with Gasteiger partial charge in [0.2, 0.25) is 5.91 Å². The largest absolute Gasteiger partial charge is 0.420 e. The number of nitrogens with one attached hydrogen (secondary N) is 2. The lowest BCUT2D eigenvalue weighted by atomic mass is 9.97. The van der Waals surface area contributed by atoms with Gasteiger partial charge < -0.3 is 14.4 Å². The van der Waals surface area contributed by atoms with E-state index in [1.54, 1.807) is 18.2 Å². The van der Waals surface area contributed by atoms with Crippen molar-refractivity contribution < 1.29 is 18.2 Å². The Kier molecular flexibility index (Phi) is 7.38. The molecule has 1 aromatic carbocycles. The second-order valence-electron chi connectivity index (χ2n) is 7.99. The average molecular weight is 437 g/mol. The van der Waals surface area contributed by atoms with Crippen LogP contribution in [0.4, 0.5) is 9.18 Å². The number of benzene rings is 1. The lowest BCUT2D eigenvalue weighted by Crippen LogP contribution is -2.58. The summed E-state index contributed by atoms with van der Waals surface area (Å²) in [5, 5.41) is 6.21. The van der Waals surface area contributed by atoms with Gasteiger partial charge in [0, 0.05) is 26.2 Å². The van der Waals surface area contributed by atoms with E-state index in [-0.39, 0.29) is 35.9 Å². The lowest BCUT2D eigenvalue weighted by molar-refractivity contribution is -0.133. The summed E-state index contributed by atoms with van der Waals surface area (Å²) in [5.74, 6) is 0.0248. The van der Waals surface area contributed by atoms with E-state index < -0.39 is 6.09 Å². The Morgan fingerprint density at radius 2 is 2.07 bits per heavy atom. The van der Waals surface area contributed by atoms with Gasteiger partial charge in [-0.15, -0.1) is 6.58 Å². The van der Waals surface area contributed by atoms with Crippen molar-refractivity contribution in [2.45, 2.75) is 44.9 Å². The van der Waals surface area contributed by atoms with Crippen molar-refractivity contribution in [2.75, 3.05) is 19.6 Å². The van der Waals surface area contributed by atoms with Crippen LogP contribution in [0.25, 0.3) is 0 Å². The summed E-state index contributed by atoms with van der Waals surface area (Å²) in [6, 6.07) is 5.74. The Balaban J connectivity index is 1.46. The number of nitrogens with zero attached hydrogens (tertiary/aromatic N) is 2. The van der Waals surface area contributed by atoms with Crippen LogP contribution < -0.4 is 10.6 Å². The normalized spacial score (nSPS) is 21.3. The number of halogens is 1. The first kappa shape index (κ1) is 22.6. The highest BCUT2D eigenvalue weighted by molar-refractivity contribution is 7.92. The van der Waals surface area contributed by atoms with Crippen LogP contribution in [0.5, 0.6) is 0 Å². The Morgan fingerprint density at radius 1 is 1.40 bits per heavy atom. The molecule has 2 saturated heterocycles.